The molecule has 1 aromatic carbocycles. The van der Waals surface area contributed by atoms with Crippen LogP contribution in [0.1, 0.15) is 38.9 Å². The molecule has 0 bridgehead atoms. The number of hydrogen-bond donors (Lipinski definition) is 2. The van der Waals surface area contributed by atoms with Gasteiger partial charge in [0.25, 0.3) is 0 Å². The third kappa shape index (κ3) is 3.68. The molecule has 102 valence electrons. The summed E-state index contributed by atoms with van der Waals surface area (Å²) in [6, 6.07) is 4.30. The molecule has 0 saturated carbocycles. The predicted octanol–water partition coefficient (Wildman–Crippen LogP) is 2.63. The maximum Gasteiger partial charge on any atom is 0.165 e. The van der Waals surface area contributed by atoms with E-state index in [-0.39, 0.29) is 17.2 Å². The lowest BCUT2D eigenvalue weighted by Gasteiger charge is -2.29. The van der Waals surface area contributed by atoms with Crippen LogP contribution in [0.15, 0.2) is 18.2 Å². The van der Waals surface area contributed by atoms with Gasteiger partial charge >= 0.3 is 0 Å². The van der Waals surface area contributed by atoms with E-state index >= 15 is 0 Å². The highest BCUT2D eigenvalue weighted by Gasteiger charge is 2.24. The molecule has 18 heavy (non-hydrogen) atoms. The van der Waals surface area contributed by atoms with Crippen molar-refractivity contribution in [3.63, 3.8) is 0 Å². The van der Waals surface area contributed by atoms with Crippen molar-refractivity contribution in [1.29, 1.82) is 0 Å². The highest BCUT2D eigenvalue weighted by atomic mass is 19.1. The van der Waals surface area contributed by atoms with Crippen molar-refractivity contribution in [3.8, 4) is 5.75 Å². The molecular formula is C14H22FNO2. The zero-order valence-electron chi connectivity index (χ0n) is 11.4. The van der Waals surface area contributed by atoms with E-state index in [1.807, 2.05) is 20.8 Å². The first kappa shape index (κ1) is 14.9. The summed E-state index contributed by atoms with van der Waals surface area (Å²) in [5.41, 5.74) is 6.43. The third-order valence-electron chi connectivity index (χ3n) is 3.15. The van der Waals surface area contributed by atoms with Crippen LogP contribution in [0, 0.1) is 11.2 Å². The number of rotatable bonds is 4. The first-order valence-corrected chi connectivity index (χ1v) is 6.02. The highest BCUT2D eigenvalue weighted by Crippen LogP contribution is 2.28. The SMILES string of the molecule is COc1ccc([C@@H](O)C[C@H](N)C(C)(C)C)cc1F. The molecule has 0 unspecified atom stereocenters. The number of nitrogens with two attached hydrogens (primary N) is 1. The van der Waals surface area contributed by atoms with Crippen molar-refractivity contribution in [2.45, 2.75) is 39.3 Å². The molecule has 1 rings (SSSR count). The Hall–Kier alpha value is -1.13. The molecule has 4 heteroatoms. The maximum atomic E-state index is 13.5. The molecule has 0 aliphatic rings. The second kappa shape index (κ2) is 5.67. The van der Waals surface area contributed by atoms with Crippen LogP contribution in [0.3, 0.4) is 0 Å². The molecule has 0 aromatic heterocycles. The van der Waals surface area contributed by atoms with Crippen molar-refractivity contribution >= 4 is 0 Å². The average Bonchev–Trinajstić information content (AvgIpc) is 2.27. The van der Waals surface area contributed by atoms with Crippen molar-refractivity contribution in [2.75, 3.05) is 7.11 Å². The van der Waals surface area contributed by atoms with Crippen molar-refractivity contribution < 1.29 is 14.2 Å². The first-order valence-electron chi connectivity index (χ1n) is 6.02. The zero-order chi connectivity index (χ0) is 13.9. The van der Waals surface area contributed by atoms with E-state index in [9.17, 15) is 9.50 Å². The fourth-order valence-corrected chi connectivity index (χ4v) is 1.62. The monoisotopic (exact) mass is 255 g/mol. The van der Waals surface area contributed by atoms with Gasteiger partial charge in [0.05, 0.1) is 13.2 Å². The largest absolute Gasteiger partial charge is 0.494 e. The number of methoxy groups -OCH3 is 1. The van der Waals surface area contributed by atoms with Gasteiger partial charge in [-0.3, -0.25) is 0 Å². The third-order valence-corrected chi connectivity index (χ3v) is 3.15. The molecule has 0 radical (unpaired) electrons. The summed E-state index contributed by atoms with van der Waals surface area (Å²) in [5.74, 6) is -0.301. The molecule has 0 aliphatic carbocycles. The standard InChI is InChI=1S/C14H22FNO2/c1-14(2,3)13(16)8-11(17)9-5-6-12(18-4)10(15)7-9/h5-7,11,13,17H,8,16H2,1-4H3/t11-,13-/m0/s1. The molecule has 0 spiro atoms. The summed E-state index contributed by atoms with van der Waals surface area (Å²) in [6.07, 6.45) is -0.366. The van der Waals surface area contributed by atoms with Gasteiger partial charge in [0.2, 0.25) is 0 Å². The number of halogens is 1. The minimum Gasteiger partial charge on any atom is -0.494 e. The number of hydrogen-bond acceptors (Lipinski definition) is 3. The Bertz CT molecular complexity index is 401. The first-order chi connectivity index (χ1) is 8.25. The lowest BCUT2D eigenvalue weighted by molar-refractivity contribution is 0.133. The predicted molar refractivity (Wildman–Crippen MR) is 70.0 cm³/mol. The van der Waals surface area contributed by atoms with Crippen molar-refractivity contribution in [3.05, 3.63) is 29.6 Å². The minimum absolute atomic E-state index is 0.0913. The molecule has 0 aliphatic heterocycles. The van der Waals surface area contributed by atoms with Crippen LogP contribution in [0.5, 0.6) is 5.75 Å². The smallest absolute Gasteiger partial charge is 0.165 e. The fraction of sp³-hybridized carbons (Fsp3) is 0.571. The Morgan fingerprint density at radius 3 is 2.44 bits per heavy atom. The van der Waals surface area contributed by atoms with Crippen LogP contribution in [-0.2, 0) is 0 Å². The lowest BCUT2D eigenvalue weighted by atomic mass is 9.83. The van der Waals surface area contributed by atoms with Crippen molar-refractivity contribution in [1.82, 2.24) is 0 Å². The normalized spacial score (nSPS) is 15.3. The molecule has 1 aromatic rings. The Morgan fingerprint density at radius 2 is 2.00 bits per heavy atom. The zero-order valence-corrected chi connectivity index (χ0v) is 11.4. The van der Waals surface area contributed by atoms with E-state index in [1.54, 1.807) is 6.07 Å². The Balaban J connectivity index is 2.79. The van der Waals surface area contributed by atoms with E-state index in [1.165, 1.54) is 19.2 Å². The van der Waals surface area contributed by atoms with Gasteiger partial charge in [-0.05, 0) is 29.5 Å². The van der Waals surface area contributed by atoms with E-state index in [4.69, 9.17) is 10.5 Å². The average molecular weight is 255 g/mol. The van der Waals surface area contributed by atoms with Crippen LogP contribution in [0.2, 0.25) is 0 Å². The molecular weight excluding hydrogens is 233 g/mol. The summed E-state index contributed by atoms with van der Waals surface area (Å²) in [5, 5.41) is 10.1. The van der Waals surface area contributed by atoms with Gasteiger partial charge in [-0.2, -0.15) is 0 Å². The quantitative estimate of drug-likeness (QED) is 0.869. The van der Waals surface area contributed by atoms with E-state index < -0.39 is 11.9 Å². The molecule has 3 nitrogen and oxygen atoms in total. The number of benzene rings is 1. The number of aliphatic hydroxyl groups excluding tert-OH is 1. The summed E-state index contributed by atoms with van der Waals surface area (Å²) < 4.78 is 18.3. The number of ether oxygens (including phenoxy) is 1. The maximum absolute atomic E-state index is 13.5. The summed E-state index contributed by atoms with van der Waals surface area (Å²) in [6.45, 7) is 6.04. The van der Waals surface area contributed by atoms with E-state index in [0.29, 0.717) is 12.0 Å². The van der Waals surface area contributed by atoms with Gasteiger partial charge in [0.1, 0.15) is 0 Å². The van der Waals surface area contributed by atoms with E-state index in [2.05, 4.69) is 0 Å². The Labute approximate surface area is 108 Å². The Kier molecular flexibility index (Phi) is 4.71. The Morgan fingerprint density at radius 1 is 1.39 bits per heavy atom. The van der Waals surface area contributed by atoms with Crippen LogP contribution in [0.25, 0.3) is 0 Å². The molecule has 0 saturated heterocycles. The van der Waals surface area contributed by atoms with Crippen LogP contribution < -0.4 is 10.5 Å². The molecule has 2 atom stereocenters. The van der Waals surface area contributed by atoms with Crippen LogP contribution in [-0.4, -0.2) is 18.3 Å². The molecule has 0 fully saturated rings. The number of aliphatic hydroxyl groups is 1. The minimum atomic E-state index is -0.764. The summed E-state index contributed by atoms with van der Waals surface area (Å²) in [4.78, 5) is 0. The van der Waals surface area contributed by atoms with Gasteiger partial charge in [0, 0.05) is 6.04 Å². The van der Waals surface area contributed by atoms with Gasteiger partial charge in [-0.25, -0.2) is 4.39 Å². The van der Waals surface area contributed by atoms with Crippen molar-refractivity contribution in [2.24, 2.45) is 11.1 Å². The second-order valence-corrected chi connectivity index (χ2v) is 5.62. The second-order valence-electron chi connectivity index (χ2n) is 5.62. The van der Waals surface area contributed by atoms with E-state index in [0.717, 1.165) is 0 Å². The van der Waals surface area contributed by atoms with Gasteiger partial charge in [-0.1, -0.05) is 26.8 Å². The van der Waals surface area contributed by atoms with Gasteiger partial charge in [-0.15, -0.1) is 0 Å². The summed E-state index contributed by atoms with van der Waals surface area (Å²) in [7, 11) is 1.41. The lowest BCUT2D eigenvalue weighted by Crippen LogP contribution is -2.36. The highest BCUT2D eigenvalue weighted by molar-refractivity contribution is 5.30. The molecule has 3 N–H and O–H groups in total. The molecule has 0 heterocycles. The van der Waals surface area contributed by atoms with Gasteiger partial charge < -0.3 is 15.6 Å². The summed E-state index contributed by atoms with van der Waals surface area (Å²) >= 11 is 0. The molecule has 0 amide bonds. The van der Waals surface area contributed by atoms with Crippen LogP contribution >= 0.6 is 0 Å². The van der Waals surface area contributed by atoms with Crippen LogP contribution in [0.4, 0.5) is 4.39 Å². The fourth-order valence-electron chi connectivity index (χ4n) is 1.62. The van der Waals surface area contributed by atoms with Gasteiger partial charge in [0.15, 0.2) is 11.6 Å². The topological polar surface area (TPSA) is 55.5 Å².